The fraction of sp³-hybridized carbons (Fsp3) is 0.250. The lowest BCUT2D eigenvalue weighted by Gasteiger charge is -2.27. The molecule has 2 aliphatic heterocycles. The second-order valence-corrected chi connectivity index (χ2v) is 5.98. The summed E-state index contributed by atoms with van der Waals surface area (Å²) in [5.74, 6) is 0.461. The quantitative estimate of drug-likeness (QED) is 0.815. The van der Waals surface area contributed by atoms with Crippen molar-refractivity contribution in [2.45, 2.75) is 5.92 Å². The molecule has 2 amide bonds. The Hall–Kier alpha value is -2.47. The number of benzene rings is 2. The highest BCUT2D eigenvalue weighted by Crippen LogP contribution is 2.47. The van der Waals surface area contributed by atoms with Crippen LogP contribution in [0, 0.1) is 0 Å². The second-order valence-electron chi connectivity index (χ2n) is 5.67. The van der Waals surface area contributed by atoms with Crippen LogP contribution in [-0.2, 0) is 0 Å². The number of alkyl halides is 1. The van der Waals surface area contributed by atoms with Crippen LogP contribution >= 0.6 is 11.6 Å². The van der Waals surface area contributed by atoms with Gasteiger partial charge in [0.15, 0.2) is 5.75 Å². The van der Waals surface area contributed by atoms with Crippen molar-refractivity contribution in [1.82, 2.24) is 5.06 Å². The molecule has 0 bridgehead atoms. The number of hydroxylamine groups is 2. The first-order valence-electron chi connectivity index (χ1n) is 7.15. The highest BCUT2D eigenvalue weighted by molar-refractivity contribution is 6.19. The molecule has 118 valence electrons. The maximum absolute atomic E-state index is 12.3. The summed E-state index contributed by atoms with van der Waals surface area (Å²) < 4.78 is 0. The minimum atomic E-state index is -1.03. The summed E-state index contributed by atoms with van der Waals surface area (Å²) in [7, 11) is 1.54. The highest BCUT2D eigenvalue weighted by Gasteiger charge is 2.37. The van der Waals surface area contributed by atoms with Crippen LogP contribution in [0.5, 0.6) is 5.75 Å². The fourth-order valence-corrected chi connectivity index (χ4v) is 3.68. The number of carbonyl (C=O) groups excluding carboxylic acids is 1. The normalized spacial score (nSPS) is 19.0. The van der Waals surface area contributed by atoms with Crippen molar-refractivity contribution >= 4 is 40.1 Å². The van der Waals surface area contributed by atoms with Crippen LogP contribution in [0.3, 0.4) is 0 Å². The predicted molar refractivity (Wildman–Crippen MR) is 85.5 cm³/mol. The van der Waals surface area contributed by atoms with Crippen molar-refractivity contribution < 1.29 is 19.5 Å². The van der Waals surface area contributed by atoms with Crippen LogP contribution in [0.25, 0.3) is 10.8 Å². The Morgan fingerprint density at radius 2 is 2.26 bits per heavy atom. The first-order chi connectivity index (χ1) is 11.0. The highest BCUT2D eigenvalue weighted by atomic mass is 35.5. The molecule has 1 atom stereocenters. The number of fused-ring (bicyclic) bond motifs is 2. The molecule has 1 unspecified atom stereocenters. The second kappa shape index (κ2) is 4.76. The standard InChI is InChI=1S/C16H13ClN2O4/c1-18-15(20)10-4-2-3-9-13-8(6-17)7-19(16(21)22)11(13)5-12(23-18)14(9)10/h2-5,8H,6-7H2,1H3,(H,21,22). The number of hydrogen-bond donors (Lipinski definition) is 1. The van der Waals surface area contributed by atoms with Gasteiger partial charge in [0, 0.05) is 36.8 Å². The van der Waals surface area contributed by atoms with E-state index in [-0.39, 0.29) is 11.8 Å². The molecule has 23 heavy (non-hydrogen) atoms. The molecule has 0 aliphatic carbocycles. The average molecular weight is 333 g/mol. The van der Waals surface area contributed by atoms with Crippen LogP contribution in [0.1, 0.15) is 21.8 Å². The van der Waals surface area contributed by atoms with Gasteiger partial charge in [-0.05, 0) is 17.0 Å². The summed E-state index contributed by atoms with van der Waals surface area (Å²) in [6.07, 6.45) is -1.03. The number of halogens is 1. The minimum absolute atomic E-state index is 0.109. The Balaban J connectivity index is 2.09. The molecule has 0 saturated heterocycles. The van der Waals surface area contributed by atoms with Gasteiger partial charge in [-0.2, -0.15) is 5.06 Å². The molecule has 0 radical (unpaired) electrons. The number of carboxylic acid groups (broad SMARTS) is 1. The molecule has 2 aromatic rings. The predicted octanol–water partition coefficient (Wildman–Crippen LogP) is 3.04. The van der Waals surface area contributed by atoms with Crippen molar-refractivity contribution in [2.75, 3.05) is 24.4 Å². The smallest absolute Gasteiger partial charge is 0.411 e. The van der Waals surface area contributed by atoms with Gasteiger partial charge in [0.1, 0.15) is 0 Å². The van der Waals surface area contributed by atoms with E-state index in [2.05, 4.69) is 0 Å². The number of nitrogens with zero attached hydrogens (tertiary/aromatic N) is 2. The van der Waals surface area contributed by atoms with Crippen LogP contribution in [0.2, 0.25) is 0 Å². The van der Waals surface area contributed by atoms with E-state index in [1.807, 2.05) is 6.07 Å². The van der Waals surface area contributed by atoms with Crippen molar-refractivity contribution in [1.29, 1.82) is 0 Å². The molecule has 0 aromatic heterocycles. The van der Waals surface area contributed by atoms with E-state index in [1.54, 1.807) is 18.2 Å². The molecular formula is C16H13ClN2O4. The SMILES string of the molecule is CN1Oc2cc3c(c4cccc(c24)C1=O)C(CCl)CN3C(=O)O. The Labute approximate surface area is 136 Å². The lowest BCUT2D eigenvalue weighted by molar-refractivity contribution is -0.0156. The minimum Gasteiger partial charge on any atom is -0.465 e. The van der Waals surface area contributed by atoms with E-state index >= 15 is 0 Å². The zero-order valence-corrected chi connectivity index (χ0v) is 13.0. The third-order valence-electron chi connectivity index (χ3n) is 4.42. The molecular weight excluding hydrogens is 320 g/mol. The van der Waals surface area contributed by atoms with E-state index in [4.69, 9.17) is 16.4 Å². The van der Waals surface area contributed by atoms with E-state index < -0.39 is 6.09 Å². The first kappa shape index (κ1) is 14.1. The summed E-state index contributed by atoms with van der Waals surface area (Å²) in [5.41, 5.74) is 1.99. The molecule has 4 rings (SSSR count). The summed E-state index contributed by atoms with van der Waals surface area (Å²) in [5, 5.41) is 12.1. The largest absolute Gasteiger partial charge is 0.465 e. The Morgan fingerprint density at radius 3 is 2.96 bits per heavy atom. The van der Waals surface area contributed by atoms with E-state index in [0.29, 0.717) is 29.4 Å². The molecule has 0 fully saturated rings. The Kier molecular flexibility index (Phi) is 2.93. The zero-order chi connectivity index (χ0) is 16.3. The maximum Gasteiger partial charge on any atom is 0.411 e. The molecule has 6 nitrogen and oxygen atoms in total. The molecule has 0 spiro atoms. The van der Waals surface area contributed by atoms with Crippen LogP contribution in [-0.4, -0.2) is 41.6 Å². The van der Waals surface area contributed by atoms with Crippen molar-refractivity contribution in [2.24, 2.45) is 0 Å². The molecule has 2 aliphatic rings. The van der Waals surface area contributed by atoms with Crippen LogP contribution in [0.15, 0.2) is 24.3 Å². The molecule has 0 saturated carbocycles. The van der Waals surface area contributed by atoms with E-state index in [1.165, 1.54) is 11.9 Å². The summed E-state index contributed by atoms with van der Waals surface area (Å²) in [6.45, 7) is 0.306. The van der Waals surface area contributed by atoms with Gasteiger partial charge in [-0.15, -0.1) is 11.6 Å². The summed E-state index contributed by atoms with van der Waals surface area (Å²) in [6, 6.07) is 7.12. The number of hydrogen-bond acceptors (Lipinski definition) is 3. The lowest BCUT2D eigenvalue weighted by atomic mass is 9.92. The van der Waals surface area contributed by atoms with E-state index in [0.717, 1.165) is 21.4 Å². The molecule has 1 N–H and O–H groups in total. The van der Waals surface area contributed by atoms with E-state index in [9.17, 15) is 14.7 Å². The van der Waals surface area contributed by atoms with Crippen molar-refractivity contribution in [3.8, 4) is 5.75 Å². The van der Waals surface area contributed by atoms with Gasteiger partial charge in [0.25, 0.3) is 5.91 Å². The average Bonchev–Trinajstić information content (AvgIpc) is 2.91. The molecule has 7 heteroatoms. The van der Waals surface area contributed by atoms with Crippen molar-refractivity contribution in [3.63, 3.8) is 0 Å². The zero-order valence-electron chi connectivity index (χ0n) is 12.2. The third kappa shape index (κ3) is 1.81. The van der Waals surface area contributed by atoms with Crippen LogP contribution < -0.4 is 9.74 Å². The first-order valence-corrected chi connectivity index (χ1v) is 7.68. The summed E-state index contributed by atoms with van der Waals surface area (Å²) >= 11 is 6.06. The van der Waals surface area contributed by atoms with Gasteiger partial charge >= 0.3 is 6.09 Å². The Bertz CT molecular complexity index is 867. The van der Waals surface area contributed by atoms with Gasteiger partial charge in [0.2, 0.25) is 0 Å². The number of amides is 2. The van der Waals surface area contributed by atoms with Gasteiger partial charge in [-0.3, -0.25) is 9.69 Å². The number of anilines is 1. The lowest BCUT2D eigenvalue weighted by Crippen LogP contribution is -2.33. The third-order valence-corrected chi connectivity index (χ3v) is 4.79. The molecule has 2 aromatic carbocycles. The molecule has 2 heterocycles. The van der Waals surface area contributed by atoms with Crippen LogP contribution in [0.4, 0.5) is 10.5 Å². The maximum atomic E-state index is 12.3. The van der Waals surface area contributed by atoms with Gasteiger partial charge < -0.3 is 9.94 Å². The summed E-state index contributed by atoms with van der Waals surface area (Å²) in [4.78, 5) is 30.7. The number of carbonyl (C=O) groups is 2. The monoisotopic (exact) mass is 332 g/mol. The Morgan fingerprint density at radius 1 is 1.48 bits per heavy atom. The fourth-order valence-electron chi connectivity index (χ4n) is 3.43. The topological polar surface area (TPSA) is 70.1 Å². The van der Waals surface area contributed by atoms with Gasteiger partial charge in [-0.1, -0.05) is 12.1 Å². The van der Waals surface area contributed by atoms with Gasteiger partial charge in [-0.25, -0.2) is 4.79 Å². The van der Waals surface area contributed by atoms with Gasteiger partial charge in [0.05, 0.1) is 11.3 Å². The van der Waals surface area contributed by atoms with Crippen molar-refractivity contribution in [3.05, 3.63) is 35.4 Å². The number of rotatable bonds is 1.